The highest BCUT2D eigenvalue weighted by Crippen LogP contribution is 2.60. The molecular formula is C27H22F15NO6. The number of rotatable bonds is 16. The predicted octanol–water partition coefficient (Wildman–Crippen LogP) is 7.62. The van der Waals surface area contributed by atoms with E-state index in [9.17, 15) is 75.4 Å². The Hall–Kier alpha value is -4.11. The number of amides is 1. The summed E-state index contributed by atoms with van der Waals surface area (Å²) in [5.41, 5.74) is 0.348. The van der Waals surface area contributed by atoms with Crippen LogP contribution in [0.25, 0.3) is 0 Å². The molecule has 0 aromatic heterocycles. The molecule has 22 heteroatoms. The van der Waals surface area contributed by atoms with Gasteiger partial charge in [-0.3, -0.25) is 4.90 Å². The fourth-order valence-electron chi connectivity index (χ4n) is 3.71. The molecule has 7 nitrogen and oxygen atoms in total. The number of nitrogens with zero attached hydrogens (tertiary/aromatic N) is 1. The second-order valence-electron chi connectivity index (χ2n) is 9.84. The molecule has 2 aromatic rings. The Labute approximate surface area is 265 Å². The third kappa shape index (κ3) is 8.74. The molecule has 0 bridgehead atoms. The van der Waals surface area contributed by atoms with Crippen LogP contribution in [0.5, 0.6) is 11.5 Å². The minimum Gasteiger partial charge on any atom is -0.492 e. The maximum absolute atomic E-state index is 14.6. The number of carbonyl (C=O) groups is 2. The second kappa shape index (κ2) is 14.8. The maximum atomic E-state index is 14.6. The second-order valence-corrected chi connectivity index (χ2v) is 9.84. The summed E-state index contributed by atoms with van der Waals surface area (Å²) in [5.74, 6) is -44.5. The van der Waals surface area contributed by atoms with Gasteiger partial charge in [0, 0.05) is 19.1 Å². The molecular weight excluding hydrogens is 719 g/mol. The normalized spacial score (nSPS) is 14.0. The number of benzene rings is 2. The van der Waals surface area contributed by atoms with Crippen molar-refractivity contribution in [1.29, 1.82) is 0 Å². The van der Waals surface area contributed by atoms with Crippen LogP contribution in [-0.4, -0.2) is 90.3 Å². The maximum Gasteiger partial charge on any atom is 0.460 e. The van der Waals surface area contributed by atoms with Crippen LogP contribution >= 0.6 is 0 Å². The first-order chi connectivity index (χ1) is 22.2. The lowest BCUT2D eigenvalue weighted by Crippen LogP contribution is -2.71. The number of hydrogen-bond donors (Lipinski definition) is 1. The summed E-state index contributed by atoms with van der Waals surface area (Å²) in [7, 11) is 0. The number of aliphatic carboxylic acids is 1. The Balaban J connectivity index is 2.36. The molecule has 1 N–H and O–H groups in total. The van der Waals surface area contributed by atoms with Crippen LogP contribution in [0, 0.1) is 11.6 Å². The van der Waals surface area contributed by atoms with Crippen LogP contribution in [0.1, 0.15) is 12.5 Å². The van der Waals surface area contributed by atoms with E-state index in [2.05, 4.69) is 4.74 Å². The molecule has 0 saturated carbocycles. The topological polar surface area (TPSA) is 85.3 Å². The van der Waals surface area contributed by atoms with E-state index in [1.54, 1.807) is 0 Å². The molecule has 0 saturated heterocycles. The van der Waals surface area contributed by atoms with E-state index in [0.717, 1.165) is 12.1 Å². The van der Waals surface area contributed by atoms with E-state index in [4.69, 9.17) is 14.6 Å². The molecule has 1 unspecified atom stereocenters. The van der Waals surface area contributed by atoms with Gasteiger partial charge < -0.3 is 19.3 Å². The van der Waals surface area contributed by atoms with Gasteiger partial charge in [-0.05, 0) is 36.8 Å². The lowest BCUT2D eigenvalue weighted by atomic mass is 9.93. The molecule has 1 atom stereocenters. The predicted molar refractivity (Wildman–Crippen MR) is 133 cm³/mol. The Kier molecular flexibility index (Phi) is 12.4. The average molecular weight is 741 g/mol. The quantitative estimate of drug-likeness (QED) is 0.179. The van der Waals surface area contributed by atoms with Gasteiger partial charge in [-0.1, -0.05) is 12.1 Å². The van der Waals surface area contributed by atoms with E-state index in [1.165, 1.54) is 19.1 Å². The first-order valence-corrected chi connectivity index (χ1v) is 13.2. The average Bonchev–Trinajstić information content (AvgIpc) is 2.98. The minimum atomic E-state index is -8.18. The van der Waals surface area contributed by atoms with Gasteiger partial charge in [0.2, 0.25) is 0 Å². The highest BCUT2D eigenvalue weighted by molar-refractivity contribution is 5.72. The Morgan fingerprint density at radius 3 is 1.78 bits per heavy atom. The fraction of sp³-hybridized carbons (Fsp3) is 0.481. The third-order valence-electron chi connectivity index (χ3n) is 6.36. The van der Waals surface area contributed by atoms with Crippen LogP contribution < -0.4 is 9.47 Å². The Morgan fingerprint density at radius 1 is 0.755 bits per heavy atom. The number of carbonyl (C=O) groups excluding carboxylic acids is 1. The van der Waals surface area contributed by atoms with Gasteiger partial charge in [0.15, 0.2) is 17.7 Å². The summed E-state index contributed by atoms with van der Waals surface area (Å²) in [6.45, 7) is -4.03. The van der Waals surface area contributed by atoms with E-state index in [-0.39, 0.29) is 24.8 Å². The molecule has 0 aliphatic heterocycles. The van der Waals surface area contributed by atoms with Gasteiger partial charge in [0.25, 0.3) is 0 Å². The zero-order valence-corrected chi connectivity index (χ0v) is 24.3. The first kappa shape index (κ1) is 41.1. The van der Waals surface area contributed by atoms with Crippen LogP contribution in [0.4, 0.5) is 70.7 Å². The molecule has 2 rings (SSSR count). The molecule has 276 valence electrons. The standard InChI is InChI=1S/C27H22F15NO6/c1-2-47-19(20(44)45)11-14-3-5-15(6-4-14)48-10-9-43(21(46)49-16-7-8-17(28)18(29)12-16)13-22(30,31)23(32,33)24(34,35)25(36,37)26(38,39)27(40,41)42/h3-8,12,19H,2,9-11,13H2,1H3,(H,44,45). The van der Waals surface area contributed by atoms with Crippen molar-refractivity contribution in [3.05, 3.63) is 59.7 Å². The SMILES string of the molecule is CCOC(Cc1ccc(OCCN(CC(F)(F)C(F)(F)C(F)(F)C(F)(F)C(F)(F)C(F)(F)F)C(=O)Oc2ccc(F)c(F)c2)cc1)C(=O)O. The molecule has 0 aliphatic rings. The number of ether oxygens (including phenoxy) is 3. The zero-order chi connectivity index (χ0) is 37.8. The van der Waals surface area contributed by atoms with Crippen LogP contribution in [-0.2, 0) is 16.0 Å². The molecule has 0 fully saturated rings. The molecule has 49 heavy (non-hydrogen) atoms. The molecule has 0 radical (unpaired) electrons. The summed E-state index contributed by atoms with van der Waals surface area (Å²) < 4.78 is 218. The molecule has 2 aromatic carbocycles. The monoisotopic (exact) mass is 741 g/mol. The number of carboxylic acid groups (broad SMARTS) is 1. The number of hydrogen-bond acceptors (Lipinski definition) is 5. The Morgan fingerprint density at radius 2 is 1.29 bits per heavy atom. The lowest BCUT2D eigenvalue weighted by Gasteiger charge is -2.40. The van der Waals surface area contributed by atoms with Gasteiger partial charge in [-0.25, -0.2) is 18.4 Å². The highest BCUT2D eigenvalue weighted by atomic mass is 19.4. The van der Waals surface area contributed by atoms with Gasteiger partial charge >= 0.3 is 47.9 Å². The minimum absolute atomic E-state index is 0.0400. The number of alkyl halides is 13. The molecule has 0 heterocycles. The molecule has 0 aliphatic carbocycles. The summed E-state index contributed by atoms with van der Waals surface area (Å²) in [6.07, 6.45) is -11.3. The smallest absolute Gasteiger partial charge is 0.460 e. The van der Waals surface area contributed by atoms with E-state index < -0.39 is 95.9 Å². The van der Waals surface area contributed by atoms with E-state index >= 15 is 0 Å². The third-order valence-corrected chi connectivity index (χ3v) is 6.36. The van der Waals surface area contributed by atoms with Crippen molar-refractivity contribution in [3.63, 3.8) is 0 Å². The molecule has 1 amide bonds. The summed E-state index contributed by atoms with van der Waals surface area (Å²) >= 11 is 0. The molecule has 0 spiro atoms. The van der Waals surface area contributed by atoms with Crippen molar-refractivity contribution in [2.24, 2.45) is 0 Å². The summed E-state index contributed by atoms with van der Waals surface area (Å²) in [6, 6.07) is 5.72. The number of carboxylic acids is 1. The summed E-state index contributed by atoms with van der Waals surface area (Å²) in [4.78, 5) is 23.1. The van der Waals surface area contributed by atoms with Crippen molar-refractivity contribution in [2.45, 2.75) is 55.2 Å². The fourth-order valence-corrected chi connectivity index (χ4v) is 3.71. The summed E-state index contributed by atoms with van der Waals surface area (Å²) in [5, 5.41) is 9.15. The van der Waals surface area contributed by atoms with Crippen LogP contribution in [0.3, 0.4) is 0 Å². The van der Waals surface area contributed by atoms with E-state index in [1.807, 2.05) is 0 Å². The lowest BCUT2D eigenvalue weighted by molar-refractivity contribution is -0.440. The number of halogens is 15. The van der Waals surface area contributed by atoms with Gasteiger partial charge in [-0.2, -0.15) is 57.1 Å². The van der Waals surface area contributed by atoms with Gasteiger partial charge in [0.05, 0.1) is 13.1 Å². The van der Waals surface area contributed by atoms with E-state index in [0.29, 0.717) is 17.7 Å². The van der Waals surface area contributed by atoms with Crippen molar-refractivity contribution in [3.8, 4) is 11.5 Å². The van der Waals surface area contributed by atoms with Gasteiger partial charge in [0.1, 0.15) is 18.1 Å². The van der Waals surface area contributed by atoms with Crippen molar-refractivity contribution in [1.82, 2.24) is 4.90 Å². The highest BCUT2D eigenvalue weighted by Gasteiger charge is 2.90. The zero-order valence-electron chi connectivity index (χ0n) is 24.3. The first-order valence-electron chi connectivity index (χ1n) is 13.2. The van der Waals surface area contributed by atoms with Crippen molar-refractivity contribution >= 4 is 12.1 Å². The Bertz CT molecular complexity index is 1450. The van der Waals surface area contributed by atoms with Crippen molar-refractivity contribution < 1.29 is 94.8 Å². The van der Waals surface area contributed by atoms with Crippen LogP contribution in [0.15, 0.2) is 42.5 Å². The largest absolute Gasteiger partial charge is 0.492 e. The van der Waals surface area contributed by atoms with Crippen LogP contribution in [0.2, 0.25) is 0 Å². The van der Waals surface area contributed by atoms with Gasteiger partial charge in [-0.15, -0.1) is 0 Å². The van der Waals surface area contributed by atoms with Crippen molar-refractivity contribution in [2.75, 3.05) is 26.3 Å².